The van der Waals surface area contributed by atoms with Crippen molar-refractivity contribution in [3.05, 3.63) is 0 Å². The zero-order valence-electron chi connectivity index (χ0n) is 5.62. The second-order valence-electron chi connectivity index (χ2n) is 1.94. The molecule has 4 N–H and O–H groups in total. The lowest BCUT2D eigenvalue weighted by atomic mass is 10.8. The lowest BCUT2D eigenvalue weighted by molar-refractivity contribution is 1.09. The predicted molar refractivity (Wildman–Crippen MR) is 49.4 cm³/mol. The summed E-state index contributed by atoms with van der Waals surface area (Å²) in [5, 5.41) is 0. The number of nitrogens with two attached hydrogens (primary N) is 2. The molecule has 1 heterocycles. The van der Waals surface area contributed by atoms with Crippen LogP contribution in [-0.2, 0) is 0 Å². The second-order valence-corrected chi connectivity index (χ2v) is 4.86. The highest BCUT2D eigenvalue weighted by Gasteiger charge is 2.14. The molecule has 1 saturated heterocycles. The third-order valence-electron chi connectivity index (χ3n) is 1.11. The summed E-state index contributed by atoms with van der Waals surface area (Å²) in [6, 6.07) is 0. The van der Waals surface area contributed by atoms with Crippen molar-refractivity contribution >= 4 is 29.5 Å². The Hall–Kier alpha value is -0.0300. The van der Waals surface area contributed by atoms with Gasteiger partial charge in [0.2, 0.25) is 0 Å². The van der Waals surface area contributed by atoms with Gasteiger partial charge in [0.15, 0.2) is 5.96 Å². The van der Waals surface area contributed by atoms with Crippen molar-refractivity contribution in [1.29, 1.82) is 0 Å². The molecule has 0 saturated carbocycles. The number of guanidine groups is 1. The number of rotatable bonds is 2. The van der Waals surface area contributed by atoms with Crippen molar-refractivity contribution in [1.82, 2.24) is 0 Å². The Kier molecular flexibility index (Phi) is 3.21. The highest BCUT2D eigenvalue weighted by atomic mass is 32.2. The Morgan fingerprint density at radius 3 is 2.50 bits per heavy atom. The topological polar surface area (TPSA) is 64.4 Å². The van der Waals surface area contributed by atoms with Crippen LogP contribution in [0.4, 0.5) is 0 Å². The summed E-state index contributed by atoms with van der Waals surface area (Å²) < 4.78 is 0.585. The summed E-state index contributed by atoms with van der Waals surface area (Å²) in [6.45, 7) is 0.762. The molecular weight excluding hydrogens is 166 g/mol. The first-order chi connectivity index (χ1) is 4.79. The first-order valence-corrected chi connectivity index (χ1v) is 5.17. The van der Waals surface area contributed by atoms with E-state index < -0.39 is 0 Å². The van der Waals surface area contributed by atoms with Crippen LogP contribution in [0.2, 0.25) is 0 Å². The van der Waals surface area contributed by atoms with Gasteiger partial charge in [-0.1, -0.05) is 0 Å². The maximum absolute atomic E-state index is 5.18. The molecule has 0 aromatic rings. The average Bonchev–Trinajstić information content (AvgIpc) is 2.34. The minimum Gasteiger partial charge on any atom is -0.370 e. The molecule has 1 aliphatic rings. The van der Waals surface area contributed by atoms with Crippen molar-refractivity contribution in [2.45, 2.75) is 4.58 Å². The Balaban J connectivity index is 2.18. The molecule has 0 aliphatic carbocycles. The van der Waals surface area contributed by atoms with E-state index in [1.54, 1.807) is 0 Å². The first kappa shape index (κ1) is 8.07. The summed E-state index contributed by atoms with van der Waals surface area (Å²) in [4.78, 5) is 3.94. The molecule has 0 aromatic carbocycles. The van der Waals surface area contributed by atoms with Crippen molar-refractivity contribution in [3.8, 4) is 0 Å². The van der Waals surface area contributed by atoms with Crippen LogP contribution in [0.25, 0.3) is 0 Å². The van der Waals surface area contributed by atoms with Crippen LogP contribution in [0, 0.1) is 0 Å². The van der Waals surface area contributed by atoms with Gasteiger partial charge in [0, 0.05) is 11.5 Å². The van der Waals surface area contributed by atoms with Gasteiger partial charge in [-0.25, -0.2) is 0 Å². The van der Waals surface area contributed by atoms with E-state index in [2.05, 4.69) is 4.99 Å². The number of hydrogen-bond acceptors (Lipinski definition) is 3. The van der Waals surface area contributed by atoms with Crippen molar-refractivity contribution in [2.24, 2.45) is 16.5 Å². The molecule has 0 aromatic heterocycles. The van der Waals surface area contributed by atoms with Crippen LogP contribution in [0.15, 0.2) is 4.99 Å². The van der Waals surface area contributed by atoms with Gasteiger partial charge in [0.05, 0.1) is 11.1 Å². The standard InChI is InChI=1S/C5H11N3S2/c6-5(7)8-3-4-9-1-2-10-4/h4H,1-3H2,(H4,6,7,8). The quantitative estimate of drug-likeness (QED) is 0.462. The van der Waals surface area contributed by atoms with E-state index in [4.69, 9.17) is 11.5 Å². The molecule has 0 unspecified atom stereocenters. The number of hydrogen-bond donors (Lipinski definition) is 2. The Bertz CT molecular complexity index is 127. The summed E-state index contributed by atoms with van der Waals surface area (Å²) in [7, 11) is 0. The van der Waals surface area contributed by atoms with Gasteiger partial charge in [-0.2, -0.15) is 0 Å². The van der Waals surface area contributed by atoms with Gasteiger partial charge in [0.25, 0.3) is 0 Å². The fraction of sp³-hybridized carbons (Fsp3) is 0.800. The summed E-state index contributed by atoms with van der Waals surface area (Å²) in [6.07, 6.45) is 0. The van der Waals surface area contributed by atoms with Crippen LogP contribution in [0.5, 0.6) is 0 Å². The van der Waals surface area contributed by atoms with Gasteiger partial charge in [-0.05, 0) is 0 Å². The lowest BCUT2D eigenvalue weighted by Gasteiger charge is -2.01. The van der Waals surface area contributed by atoms with Crippen LogP contribution < -0.4 is 11.5 Å². The molecule has 0 amide bonds. The van der Waals surface area contributed by atoms with E-state index in [9.17, 15) is 0 Å². The minimum atomic E-state index is 0.202. The van der Waals surface area contributed by atoms with E-state index in [1.807, 2.05) is 23.5 Å². The largest absolute Gasteiger partial charge is 0.370 e. The Labute approximate surface area is 69.0 Å². The second kappa shape index (κ2) is 3.98. The number of aliphatic imine (C=N–C) groups is 1. The molecule has 58 valence electrons. The zero-order chi connectivity index (χ0) is 7.40. The molecule has 0 atom stereocenters. The smallest absolute Gasteiger partial charge is 0.185 e. The Morgan fingerprint density at radius 1 is 1.40 bits per heavy atom. The van der Waals surface area contributed by atoms with Crippen LogP contribution in [0.3, 0.4) is 0 Å². The third kappa shape index (κ3) is 2.70. The highest BCUT2D eigenvalue weighted by molar-refractivity contribution is 8.20. The van der Waals surface area contributed by atoms with E-state index >= 15 is 0 Å². The Morgan fingerprint density at radius 2 is 2.00 bits per heavy atom. The monoisotopic (exact) mass is 177 g/mol. The van der Waals surface area contributed by atoms with Crippen LogP contribution in [-0.4, -0.2) is 28.6 Å². The van der Waals surface area contributed by atoms with Gasteiger partial charge in [-0.3, -0.25) is 4.99 Å². The molecular formula is C5H11N3S2. The van der Waals surface area contributed by atoms with Gasteiger partial charge < -0.3 is 11.5 Å². The fourth-order valence-electron chi connectivity index (χ4n) is 0.693. The first-order valence-electron chi connectivity index (χ1n) is 3.07. The van der Waals surface area contributed by atoms with E-state index in [0.29, 0.717) is 4.58 Å². The number of thioether (sulfide) groups is 2. The number of nitrogens with zero attached hydrogens (tertiary/aromatic N) is 1. The van der Waals surface area contributed by atoms with E-state index in [1.165, 1.54) is 11.5 Å². The van der Waals surface area contributed by atoms with E-state index in [0.717, 1.165) is 6.54 Å². The van der Waals surface area contributed by atoms with Gasteiger partial charge in [-0.15, -0.1) is 23.5 Å². The summed E-state index contributed by atoms with van der Waals surface area (Å²) in [5.41, 5.74) is 10.4. The predicted octanol–water partition coefficient (Wildman–Crippen LogP) is 0.0659. The molecule has 0 bridgehead atoms. The van der Waals surface area contributed by atoms with E-state index in [-0.39, 0.29) is 5.96 Å². The maximum atomic E-state index is 5.18. The molecule has 1 rings (SSSR count). The lowest BCUT2D eigenvalue weighted by Crippen LogP contribution is -2.23. The highest BCUT2D eigenvalue weighted by Crippen LogP contribution is 2.31. The normalized spacial score (nSPS) is 19.2. The molecule has 0 spiro atoms. The fourth-order valence-corrected chi connectivity index (χ4v) is 3.31. The summed E-state index contributed by atoms with van der Waals surface area (Å²) in [5.74, 6) is 2.66. The zero-order valence-corrected chi connectivity index (χ0v) is 7.25. The van der Waals surface area contributed by atoms with Gasteiger partial charge >= 0.3 is 0 Å². The van der Waals surface area contributed by atoms with Crippen molar-refractivity contribution in [2.75, 3.05) is 18.1 Å². The van der Waals surface area contributed by atoms with Gasteiger partial charge in [0.1, 0.15) is 0 Å². The molecule has 1 fully saturated rings. The molecule has 10 heavy (non-hydrogen) atoms. The minimum absolute atomic E-state index is 0.202. The summed E-state index contributed by atoms with van der Waals surface area (Å²) >= 11 is 3.86. The van der Waals surface area contributed by atoms with Crippen molar-refractivity contribution < 1.29 is 0 Å². The molecule has 0 radical (unpaired) electrons. The molecule has 5 heteroatoms. The van der Waals surface area contributed by atoms with Crippen molar-refractivity contribution in [3.63, 3.8) is 0 Å². The molecule has 3 nitrogen and oxygen atoms in total. The average molecular weight is 177 g/mol. The maximum Gasteiger partial charge on any atom is 0.185 e. The molecule has 1 aliphatic heterocycles. The SMILES string of the molecule is NC(N)=NCC1SCCS1. The van der Waals surface area contributed by atoms with Crippen LogP contribution in [0.1, 0.15) is 0 Å². The van der Waals surface area contributed by atoms with Crippen LogP contribution >= 0.6 is 23.5 Å². The third-order valence-corrected chi connectivity index (χ3v) is 4.11.